The Morgan fingerprint density at radius 2 is 2.38 bits per heavy atom. The van der Waals surface area contributed by atoms with Gasteiger partial charge >= 0.3 is 0 Å². The Balaban J connectivity index is 2.85. The lowest BCUT2D eigenvalue weighted by atomic mass is 10.2. The number of hydrogen-bond acceptors (Lipinski definition) is 0. The Morgan fingerprint density at radius 3 is 2.75 bits per heavy atom. The van der Waals surface area contributed by atoms with Gasteiger partial charge in [-0.25, -0.2) is 4.39 Å². The number of unbranched alkanes of at least 4 members (excludes halogenated alkanes) is 1. The standard InChI is InChI=1S/C7H11F/c1-3-4-5-6-7(2)8/h1,7H,4-6H2,2H3. The molecule has 0 aliphatic carbocycles. The van der Waals surface area contributed by atoms with Gasteiger partial charge in [-0.15, -0.1) is 12.3 Å². The van der Waals surface area contributed by atoms with Gasteiger partial charge in [0.05, 0.1) is 6.17 Å². The highest BCUT2D eigenvalue weighted by Gasteiger charge is 1.94. The van der Waals surface area contributed by atoms with Crippen molar-refractivity contribution in [1.29, 1.82) is 0 Å². The van der Waals surface area contributed by atoms with Crippen molar-refractivity contribution in [3.63, 3.8) is 0 Å². The van der Waals surface area contributed by atoms with Crippen LogP contribution >= 0.6 is 0 Å². The van der Waals surface area contributed by atoms with Crippen LogP contribution in [0.5, 0.6) is 0 Å². The molecule has 8 heavy (non-hydrogen) atoms. The first-order valence-electron chi connectivity index (χ1n) is 2.85. The van der Waals surface area contributed by atoms with Crippen molar-refractivity contribution >= 4 is 0 Å². The maximum Gasteiger partial charge on any atom is 0.0973 e. The molecule has 0 amide bonds. The predicted molar refractivity (Wildman–Crippen MR) is 33.3 cm³/mol. The van der Waals surface area contributed by atoms with Crippen LogP contribution in [0.2, 0.25) is 0 Å². The maximum absolute atomic E-state index is 12.0. The lowest BCUT2D eigenvalue weighted by Gasteiger charge is -1.95. The largest absolute Gasteiger partial charge is 0.248 e. The molecule has 0 nitrogen and oxygen atoms in total. The summed E-state index contributed by atoms with van der Waals surface area (Å²) in [5.74, 6) is 2.46. The number of terminal acetylenes is 1. The van der Waals surface area contributed by atoms with E-state index in [0.29, 0.717) is 12.8 Å². The second kappa shape index (κ2) is 4.64. The van der Waals surface area contributed by atoms with Crippen LogP contribution in [0.25, 0.3) is 0 Å². The fraction of sp³-hybridized carbons (Fsp3) is 0.714. The van der Waals surface area contributed by atoms with Gasteiger partial charge in [0.15, 0.2) is 0 Å². The van der Waals surface area contributed by atoms with Gasteiger partial charge in [0.25, 0.3) is 0 Å². The molecule has 1 atom stereocenters. The second-order valence-corrected chi connectivity index (χ2v) is 1.88. The van der Waals surface area contributed by atoms with Crippen LogP contribution in [-0.4, -0.2) is 6.17 Å². The Kier molecular flexibility index (Phi) is 4.35. The highest BCUT2D eigenvalue weighted by Crippen LogP contribution is 2.01. The number of alkyl halides is 1. The van der Waals surface area contributed by atoms with Crippen LogP contribution in [0.3, 0.4) is 0 Å². The smallest absolute Gasteiger partial charge is 0.0973 e. The lowest BCUT2D eigenvalue weighted by Crippen LogP contribution is -1.89. The SMILES string of the molecule is C#CCCCC(C)F. The molecular weight excluding hydrogens is 103 g/mol. The molecule has 0 aromatic carbocycles. The molecule has 0 saturated heterocycles. The summed E-state index contributed by atoms with van der Waals surface area (Å²) in [5.41, 5.74) is 0. The zero-order valence-corrected chi connectivity index (χ0v) is 5.15. The van der Waals surface area contributed by atoms with E-state index >= 15 is 0 Å². The first-order chi connectivity index (χ1) is 3.77. The van der Waals surface area contributed by atoms with Crippen molar-refractivity contribution in [1.82, 2.24) is 0 Å². The van der Waals surface area contributed by atoms with Crippen LogP contribution in [0.4, 0.5) is 4.39 Å². The molecule has 0 saturated carbocycles. The summed E-state index contributed by atoms with van der Waals surface area (Å²) in [7, 11) is 0. The minimum atomic E-state index is -0.691. The van der Waals surface area contributed by atoms with E-state index in [1.807, 2.05) is 0 Å². The third-order valence-electron chi connectivity index (χ3n) is 0.923. The van der Waals surface area contributed by atoms with Crippen molar-refractivity contribution in [2.24, 2.45) is 0 Å². The Morgan fingerprint density at radius 1 is 1.75 bits per heavy atom. The molecule has 0 radical (unpaired) electrons. The summed E-state index contributed by atoms with van der Waals surface area (Å²) < 4.78 is 12.0. The Labute approximate surface area is 50.1 Å². The van der Waals surface area contributed by atoms with E-state index in [2.05, 4.69) is 5.92 Å². The fourth-order valence-electron chi connectivity index (χ4n) is 0.485. The van der Waals surface area contributed by atoms with E-state index in [-0.39, 0.29) is 0 Å². The topological polar surface area (TPSA) is 0 Å². The van der Waals surface area contributed by atoms with Crippen LogP contribution in [0, 0.1) is 12.3 Å². The van der Waals surface area contributed by atoms with Gasteiger partial charge in [0.1, 0.15) is 0 Å². The highest BCUT2D eigenvalue weighted by atomic mass is 19.1. The van der Waals surface area contributed by atoms with Crippen LogP contribution < -0.4 is 0 Å². The van der Waals surface area contributed by atoms with Gasteiger partial charge in [-0.3, -0.25) is 0 Å². The molecule has 0 aromatic rings. The van der Waals surface area contributed by atoms with Crippen molar-refractivity contribution < 1.29 is 4.39 Å². The highest BCUT2D eigenvalue weighted by molar-refractivity contribution is 4.82. The summed E-state index contributed by atoms with van der Waals surface area (Å²) in [6.07, 6.45) is 6.37. The van der Waals surface area contributed by atoms with Crippen LogP contribution in [0.15, 0.2) is 0 Å². The first-order valence-corrected chi connectivity index (χ1v) is 2.85. The zero-order chi connectivity index (χ0) is 6.41. The molecule has 0 heterocycles. The third kappa shape index (κ3) is 5.49. The van der Waals surface area contributed by atoms with E-state index in [1.165, 1.54) is 0 Å². The molecule has 1 unspecified atom stereocenters. The van der Waals surface area contributed by atoms with E-state index in [1.54, 1.807) is 6.92 Å². The minimum absolute atomic E-state index is 0.601. The molecule has 46 valence electrons. The summed E-state index contributed by atoms with van der Waals surface area (Å²) in [4.78, 5) is 0. The number of hydrogen-bond donors (Lipinski definition) is 0. The molecule has 0 aliphatic rings. The number of rotatable bonds is 3. The lowest BCUT2D eigenvalue weighted by molar-refractivity contribution is 0.336. The number of halogens is 1. The molecule has 1 heteroatoms. The third-order valence-corrected chi connectivity index (χ3v) is 0.923. The monoisotopic (exact) mass is 114 g/mol. The van der Waals surface area contributed by atoms with Crippen molar-refractivity contribution in [2.45, 2.75) is 32.4 Å². The van der Waals surface area contributed by atoms with Crippen molar-refractivity contribution in [3.8, 4) is 12.3 Å². The Hall–Kier alpha value is -0.510. The zero-order valence-electron chi connectivity index (χ0n) is 5.15. The van der Waals surface area contributed by atoms with Gasteiger partial charge in [-0.1, -0.05) is 0 Å². The average molecular weight is 114 g/mol. The summed E-state index contributed by atoms with van der Waals surface area (Å²) in [6, 6.07) is 0. The second-order valence-electron chi connectivity index (χ2n) is 1.88. The average Bonchev–Trinajstić information content (AvgIpc) is 1.66. The maximum atomic E-state index is 12.0. The summed E-state index contributed by atoms with van der Waals surface area (Å²) >= 11 is 0. The molecule has 0 rings (SSSR count). The van der Waals surface area contributed by atoms with Crippen LogP contribution in [-0.2, 0) is 0 Å². The molecule has 0 bridgehead atoms. The van der Waals surface area contributed by atoms with Crippen molar-refractivity contribution in [3.05, 3.63) is 0 Å². The molecule has 0 aliphatic heterocycles. The molecule has 0 fully saturated rings. The fourth-order valence-corrected chi connectivity index (χ4v) is 0.485. The van der Waals surface area contributed by atoms with Crippen LogP contribution in [0.1, 0.15) is 26.2 Å². The van der Waals surface area contributed by atoms with Gasteiger partial charge in [0, 0.05) is 6.42 Å². The molecule has 0 aromatic heterocycles. The quantitative estimate of drug-likeness (QED) is 0.389. The predicted octanol–water partition coefficient (Wildman–Crippen LogP) is 2.15. The summed E-state index contributed by atoms with van der Waals surface area (Å²) in [5, 5.41) is 0. The van der Waals surface area contributed by atoms with E-state index in [9.17, 15) is 4.39 Å². The molecular formula is C7H11F. The van der Waals surface area contributed by atoms with Gasteiger partial charge in [0.2, 0.25) is 0 Å². The Bertz CT molecular complexity index is 78.9. The first kappa shape index (κ1) is 7.49. The molecule has 0 N–H and O–H groups in total. The van der Waals surface area contributed by atoms with Gasteiger partial charge < -0.3 is 0 Å². The van der Waals surface area contributed by atoms with Gasteiger partial charge in [-0.2, -0.15) is 0 Å². The van der Waals surface area contributed by atoms with Gasteiger partial charge in [-0.05, 0) is 19.8 Å². The van der Waals surface area contributed by atoms with E-state index in [4.69, 9.17) is 6.42 Å². The normalized spacial score (nSPS) is 12.6. The minimum Gasteiger partial charge on any atom is -0.248 e. The summed E-state index contributed by atoms with van der Waals surface area (Å²) in [6.45, 7) is 1.55. The van der Waals surface area contributed by atoms with E-state index < -0.39 is 6.17 Å². The molecule has 0 spiro atoms. The van der Waals surface area contributed by atoms with E-state index in [0.717, 1.165) is 6.42 Å². The van der Waals surface area contributed by atoms with Crippen molar-refractivity contribution in [2.75, 3.05) is 0 Å².